The van der Waals surface area contributed by atoms with Crippen molar-refractivity contribution in [1.29, 1.82) is 0 Å². The van der Waals surface area contributed by atoms with Crippen LogP contribution in [0.5, 0.6) is 0 Å². The summed E-state index contributed by atoms with van der Waals surface area (Å²) in [6, 6.07) is 6.81. The standard InChI is InChI=1S/C14H20N2O/c1-10(2)16-7-6-12-4-5-14(15-11(3)17)8-13(12)9-16/h4-5,8,10H,6-7,9H2,1-3H3,(H,15,17). The van der Waals surface area contributed by atoms with E-state index in [1.807, 2.05) is 6.07 Å². The molecule has 1 amide bonds. The molecule has 0 aromatic heterocycles. The van der Waals surface area contributed by atoms with Crippen LogP contribution in [-0.2, 0) is 17.8 Å². The Morgan fingerprint density at radius 3 is 2.76 bits per heavy atom. The van der Waals surface area contributed by atoms with Gasteiger partial charge in [-0.3, -0.25) is 9.69 Å². The van der Waals surface area contributed by atoms with Crippen molar-refractivity contribution in [3.05, 3.63) is 29.3 Å². The van der Waals surface area contributed by atoms with E-state index in [0.717, 1.165) is 25.2 Å². The molecule has 0 saturated heterocycles. The van der Waals surface area contributed by atoms with Gasteiger partial charge in [0.1, 0.15) is 0 Å². The summed E-state index contributed by atoms with van der Waals surface area (Å²) in [5.74, 6) is -0.0125. The van der Waals surface area contributed by atoms with Crippen LogP contribution in [0.3, 0.4) is 0 Å². The van der Waals surface area contributed by atoms with E-state index in [0.29, 0.717) is 6.04 Å². The van der Waals surface area contributed by atoms with Crippen LogP contribution < -0.4 is 5.32 Å². The lowest BCUT2D eigenvalue weighted by Gasteiger charge is -2.32. The maximum absolute atomic E-state index is 11.0. The molecule has 92 valence electrons. The third kappa shape index (κ3) is 2.86. The molecule has 0 fully saturated rings. The van der Waals surface area contributed by atoms with E-state index in [9.17, 15) is 4.79 Å². The number of rotatable bonds is 2. The SMILES string of the molecule is CC(=O)Nc1ccc2c(c1)CN(C(C)C)CC2. The van der Waals surface area contributed by atoms with E-state index < -0.39 is 0 Å². The molecule has 0 bridgehead atoms. The number of benzene rings is 1. The number of nitrogens with one attached hydrogen (secondary N) is 1. The van der Waals surface area contributed by atoms with Crippen LogP contribution in [0.2, 0.25) is 0 Å². The van der Waals surface area contributed by atoms with Gasteiger partial charge in [0, 0.05) is 31.7 Å². The first-order valence-electron chi connectivity index (χ1n) is 6.19. The number of carbonyl (C=O) groups excluding carboxylic acids is 1. The van der Waals surface area contributed by atoms with Gasteiger partial charge in [0.2, 0.25) is 5.91 Å². The Balaban J connectivity index is 2.19. The highest BCUT2D eigenvalue weighted by Crippen LogP contribution is 2.23. The Bertz CT molecular complexity index is 426. The normalized spacial score (nSPS) is 15.8. The molecule has 2 rings (SSSR count). The fourth-order valence-electron chi connectivity index (χ4n) is 2.30. The van der Waals surface area contributed by atoms with Crippen molar-refractivity contribution in [2.75, 3.05) is 11.9 Å². The van der Waals surface area contributed by atoms with Crippen LogP contribution in [0.25, 0.3) is 0 Å². The molecule has 1 aromatic carbocycles. The Hall–Kier alpha value is -1.35. The van der Waals surface area contributed by atoms with Crippen molar-refractivity contribution in [2.24, 2.45) is 0 Å². The molecular weight excluding hydrogens is 212 g/mol. The number of anilines is 1. The molecule has 0 saturated carbocycles. The number of amides is 1. The van der Waals surface area contributed by atoms with Gasteiger partial charge in [-0.1, -0.05) is 6.07 Å². The number of hydrogen-bond acceptors (Lipinski definition) is 2. The number of carbonyl (C=O) groups is 1. The van der Waals surface area contributed by atoms with Crippen LogP contribution in [0.15, 0.2) is 18.2 Å². The Labute approximate surface area is 103 Å². The molecule has 0 spiro atoms. The molecule has 1 N–H and O–H groups in total. The van der Waals surface area contributed by atoms with Crippen LogP contribution in [0.1, 0.15) is 31.9 Å². The summed E-state index contributed by atoms with van der Waals surface area (Å²) >= 11 is 0. The summed E-state index contributed by atoms with van der Waals surface area (Å²) in [6.07, 6.45) is 1.11. The van der Waals surface area contributed by atoms with Crippen molar-refractivity contribution in [2.45, 2.75) is 39.8 Å². The van der Waals surface area contributed by atoms with Gasteiger partial charge < -0.3 is 5.32 Å². The molecule has 0 atom stereocenters. The molecular formula is C14H20N2O. The van der Waals surface area contributed by atoms with Gasteiger partial charge in [-0.05, 0) is 43.5 Å². The summed E-state index contributed by atoms with van der Waals surface area (Å²) in [7, 11) is 0. The van der Waals surface area contributed by atoms with Gasteiger partial charge in [0.05, 0.1) is 0 Å². The summed E-state index contributed by atoms with van der Waals surface area (Å²) in [4.78, 5) is 13.5. The van der Waals surface area contributed by atoms with Gasteiger partial charge in [0.15, 0.2) is 0 Å². The van der Waals surface area contributed by atoms with E-state index in [-0.39, 0.29) is 5.91 Å². The highest BCUT2D eigenvalue weighted by atomic mass is 16.1. The van der Waals surface area contributed by atoms with Crippen molar-refractivity contribution in [1.82, 2.24) is 4.90 Å². The monoisotopic (exact) mass is 232 g/mol. The summed E-state index contributed by atoms with van der Waals surface area (Å²) in [5, 5.41) is 2.84. The Morgan fingerprint density at radius 2 is 2.12 bits per heavy atom. The average Bonchev–Trinajstić information content (AvgIpc) is 2.27. The summed E-state index contributed by atoms with van der Waals surface area (Å²) in [6.45, 7) is 8.11. The van der Waals surface area contributed by atoms with Gasteiger partial charge in [-0.25, -0.2) is 0 Å². The molecule has 0 radical (unpaired) electrons. The molecule has 0 aliphatic carbocycles. The fourth-order valence-corrected chi connectivity index (χ4v) is 2.30. The molecule has 1 heterocycles. The molecule has 1 aliphatic rings. The van der Waals surface area contributed by atoms with Crippen molar-refractivity contribution < 1.29 is 4.79 Å². The first-order valence-corrected chi connectivity index (χ1v) is 6.19. The average molecular weight is 232 g/mol. The van der Waals surface area contributed by atoms with Crippen LogP contribution in [-0.4, -0.2) is 23.4 Å². The van der Waals surface area contributed by atoms with E-state index in [1.54, 1.807) is 6.92 Å². The van der Waals surface area contributed by atoms with Crippen molar-refractivity contribution in [3.63, 3.8) is 0 Å². The molecule has 3 nitrogen and oxygen atoms in total. The summed E-state index contributed by atoms with van der Waals surface area (Å²) < 4.78 is 0. The van der Waals surface area contributed by atoms with Crippen molar-refractivity contribution in [3.8, 4) is 0 Å². The van der Waals surface area contributed by atoms with Crippen molar-refractivity contribution >= 4 is 11.6 Å². The number of nitrogens with zero attached hydrogens (tertiary/aromatic N) is 1. The van der Waals surface area contributed by atoms with E-state index in [1.165, 1.54) is 11.1 Å². The lowest BCUT2D eigenvalue weighted by molar-refractivity contribution is -0.114. The quantitative estimate of drug-likeness (QED) is 0.849. The van der Waals surface area contributed by atoms with Gasteiger partial charge in [-0.15, -0.1) is 0 Å². The highest BCUT2D eigenvalue weighted by Gasteiger charge is 2.18. The fraction of sp³-hybridized carbons (Fsp3) is 0.500. The minimum Gasteiger partial charge on any atom is -0.326 e. The zero-order valence-electron chi connectivity index (χ0n) is 10.8. The second-order valence-corrected chi connectivity index (χ2v) is 4.98. The van der Waals surface area contributed by atoms with Crippen LogP contribution in [0.4, 0.5) is 5.69 Å². The minimum atomic E-state index is -0.0125. The van der Waals surface area contributed by atoms with E-state index >= 15 is 0 Å². The number of fused-ring (bicyclic) bond motifs is 1. The predicted octanol–water partition coefficient (Wildman–Crippen LogP) is 2.41. The highest BCUT2D eigenvalue weighted by molar-refractivity contribution is 5.88. The maximum atomic E-state index is 11.0. The minimum absolute atomic E-state index is 0.0125. The smallest absolute Gasteiger partial charge is 0.221 e. The Kier molecular flexibility index (Phi) is 3.48. The molecule has 3 heteroatoms. The van der Waals surface area contributed by atoms with Crippen LogP contribution >= 0.6 is 0 Å². The Morgan fingerprint density at radius 1 is 1.35 bits per heavy atom. The zero-order valence-corrected chi connectivity index (χ0v) is 10.8. The largest absolute Gasteiger partial charge is 0.326 e. The van der Waals surface area contributed by atoms with Gasteiger partial charge in [-0.2, -0.15) is 0 Å². The first kappa shape index (κ1) is 12.1. The van der Waals surface area contributed by atoms with Gasteiger partial charge in [0.25, 0.3) is 0 Å². The zero-order chi connectivity index (χ0) is 12.4. The maximum Gasteiger partial charge on any atom is 0.221 e. The third-order valence-electron chi connectivity index (χ3n) is 3.30. The second-order valence-electron chi connectivity index (χ2n) is 4.98. The topological polar surface area (TPSA) is 32.3 Å². The second kappa shape index (κ2) is 4.88. The molecule has 0 unspecified atom stereocenters. The predicted molar refractivity (Wildman–Crippen MR) is 70.0 cm³/mol. The lowest BCUT2D eigenvalue weighted by atomic mass is 9.98. The molecule has 1 aliphatic heterocycles. The first-order chi connectivity index (χ1) is 8.06. The number of hydrogen-bond donors (Lipinski definition) is 1. The van der Waals surface area contributed by atoms with Gasteiger partial charge >= 0.3 is 0 Å². The third-order valence-corrected chi connectivity index (χ3v) is 3.30. The molecule has 17 heavy (non-hydrogen) atoms. The lowest BCUT2D eigenvalue weighted by Crippen LogP contribution is -2.35. The molecule has 1 aromatic rings. The summed E-state index contributed by atoms with van der Waals surface area (Å²) in [5.41, 5.74) is 3.66. The van der Waals surface area contributed by atoms with E-state index in [2.05, 4.69) is 36.2 Å². The van der Waals surface area contributed by atoms with Crippen LogP contribution in [0, 0.1) is 0 Å². The van der Waals surface area contributed by atoms with E-state index in [4.69, 9.17) is 0 Å².